The van der Waals surface area contributed by atoms with E-state index in [1.54, 1.807) is 0 Å². The standard InChI is InChI=1S/C17H21N/c1-14(18-2)17(16-11-7-4-8-12-16)13-15-9-5-3-6-10-15/h3-12,14,17-18H,13H2,1-2H3. The van der Waals surface area contributed by atoms with Crippen LogP contribution in [0.4, 0.5) is 0 Å². The molecule has 0 aliphatic carbocycles. The Balaban J connectivity index is 2.21. The van der Waals surface area contributed by atoms with Gasteiger partial charge in [0.15, 0.2) is 0 Å². The molecule has 2 aromatic carbocycles. The van der Waals surface area contributed by atoms with Crippen molar-refractivity contribution < 1.29 is 0 Å². The van der Waals surface area contributed by atoms with Gasteiger partial charge < -0.3 is 5.32 Å². The molecule has 18 heavy (non-hydrogen) atoms. The van der Waals surface area contributed by atoms with E-state index in [1.165, 1.54) is 11.1 Å². The lowest BCUT2D eigenvalue weighted by molar-refractivity contribution is 0.491. The van der Waals surface area contributed by atoms with E-state index in [0.29, 0.717) is 12.0 Å². The van der Waals surface area contributed by atoms with Gasteiger partial charge in [-0.3, -0.25) is 0 Å². The Hall–Kier alpha value is -1.60. The van der Waals surface area contributed by atoms with Crippen molar-refractivity contribution in [3.63, 3.8) is 0 Å². The molecule has 0 bridgehead atoms. The van der Waals surface area contributed by atoms with E-state index in [-0.39, 0.29) is 0 Å². The van der Waals surface area contributed by atoms with Crippen LogP contribution in [0.5, 0.6) is 0 Å². The number of hydrogen-bond acceptors (Lipinski definition) is 1. The summed E-state index contributed by atoms with van der Waals surface area (Å²) >= 11 is 0. The van der Waals surface area contributed by atoms with Gasteiger partial charge in [0.05, 0.1) is 0 Å². The zero-order valence-corrected chi connectivity index (χ0v) is 11.1. The third kappa shape index (κ3) is 3.21. The van der Waals surface area contributed by atoms with E-state index in [1.807, 2.05) is 7.05 Å². The van der Waals surface area contributed by atoms with E-state index in [4.69, 9.17) is 0 Å². The molecule has 0 saturated heterocycles. The molecule has 1 heteroatoms. The van der Waals surface area contributed by atoms with Crippen molar-refractivity contribution in [1.82, 2.24) is 5.32 Å². The predicted molar refractivity (Wildman–Crippen MR) is 77.9 cm³/mol. The number of benzene rings is 2. The first kappa shape index (κ1) is 12.8. The quantitative estimate of drug-likeness (QED) is 0.840. The maximum Gasteiger partial charge on any atom is 0.0108 e. The Morgan fingerprint density at radius 1 is 0.889 bits per heavy atom. The largest absolute Gasteiger partial charge is 0.317 e. The molecular weight excluding hydrogens is 218 g/mol. The molecule has 0 amide bonds. The summed E-state index contributed by atoms with van der Waals surface area (Å²) in [5, 5.41) is 3.38. The van der Waals surface area contributed by atoms with E-state index in [2.05, 4.69) is 72.9 Å². The van der Waals surface area contributed by atoms with Crippen molar-refractivity contribution in [3.8, 4) is 0 Å². The second-order valence-electron chi connectivity index (χ2n) is 4.78. The van der Waals surface area contributed by atoms with Gasteiger partial charge in [-0.2, -0.15) is 0 Å². The van der Waals surface area contributed by atoms with Crippen molar-refractivity contribution in [3.05, 3.63) is 71.8 Å². The molecule has 0 heterocycles. The van der Waals surface area contributed by atoms with Crippen LogP contribution in [-0.4, -0.2) is 13.1 Å². The highest BCUT2D eigenvalue weighted by atomic mass is 14.9. The highest BCUT2D eigenvalue weighted by molar-refractivity contribution is 5.25. The maximum absolute atomic E-state index is 3.38. The van der Waals surface area contributed by atoms with Gasteiger partial charge in [0.2, 0.25) is 0 Å². The van der Waals surface area contributed by atoms with Gasteiger partial charge in [-0.15, -0.1) is 0 Å². The van der Waals surface area contributed by atoms with Crippen LogP contribution in [0.1, 0.15) is 24.0 Å². The average molecular weight is 239 g/mol. The molecule has 0 aliphatic rings. The molecule has 2 rings (SSSR count). The summed E-state index contributed by atoms with van der Waals surface area (Å²) in [7, 11) is 2.03. The zero-order valence-electron chi connectivity index (χ0n) is 11.1. The number of likely N-dealkylation sites (N-methyl/N-ethyl adjacent to an activating group) is 1. The van der Waals surface area contributed by atoms with Crippen molar-refractivity contribution in [1.29, 1.82) is 0 Å². The summed E-state index contributed by atoms with van der Waals surface area (Å²) in [5.41, 5.74) is 2.80. The molecule has 0 saturated carbocycles. The lowest BCUT2D eigenvalue weighted by Gasteiger charge is -2.24. The molecular formula is C17H21N. The normalized spacial score (nSPS) is 14.1. The first-order valence-corrected chi connectivity index (χ1v) is 6.57. The monoisotopic (exact) mass is 239 g/mol. The Morgan fingerprint density at radius 2 is 1.44 bits per heavy atom. The van der Waals surface area contributed by atoms with Gasteiger partial charge in [0, 0.05) is 12.0 Å². The minimum atomic E-state index is 0.465. The highest BCUT2D eigenvalue weighted by Gasteiger charge is 2.18. The van der Waals surface area contributed by atoms with Crippen LogP contribution in [-0.2, 0) is 6.42 Å². The first-order valence-electron chi connectivity index (χ1n) is 6.57. The zero-order chi connectivity index (χ0) is 12.8. The molecule has 1 nitrogen and oxygen atoms in total. The van der Waals surface area contributed by atoms with E-state index >= 15 is 0 Å². The van der Waals surface area contributed by atoms with Crippen molar-refractivity contribution in [2.75, 3.05) is 7.05 Å². The number of nitrogens with one attached hydrogen (secondary N) is 1. The summed E-state index contributed by atoms with van der Waals surface area (Å²) in [6, 6.07) is 21.9. The Kier molecular flexibility index (Phi) is 4.54. The minimum Gasteiger partial charge on any atom is -0.317 e. The molecule has 2 atom stereocenters. The van der Waals surface area contributed by atoms with Crippen LogP contribution < -0.4 is 5.32 Å². The van der Waals surface area contributed by atoms with Gasteiger partial charge >= 0.3 is 0 Å². The summed E-state index contributed by atoms with van der Waals surface area (Å²) in [5.74, 6) is 0.513. The summed E-state index contributed by atoms with van der Waals surface area (Å²) < 4.78 is 0. The van der Waals surface area contributed by atoms with Crippen molar-refractivity contribution in [2.24, 2.45) is 0 Å². The fourth-order valence-corrected chi connectivity index (χ4v) is 2.35. The fourth-order valence-electron chi connectivity index (χ4n) is 2.35. The molecule has 94 valence electrons. The lowest BCUT2D eigenvalue weighted by Crippen LogP contribution is -2.30. The molecule has 0 spiro atoms. The van der Waals surface area contributed by atoms with Crippen LogP contribution in [0.3, 0.4) is 0 Å². The minimum absolute atomic E-state index is 0.465. The van der Waals surface area contributed by atoms with Crippen LogP contribution in [0.15, 0.2) is 60.7 Å². The SMILES string of the molecule is CNC(C)C(Cc1ccccc1)c1ccccc1. The van der Waals surface area contributed by atoms with Gasteiger partial charge in [-0.1, -0.05) is 60.7 Å². The predicted octanol–water partition coefficient (Wildman–Crippen LogP) is 3.62. The molecule has 0 aromatic heterocycles. The summed E-state index contributed by atoms with van der Waals surface area (Å²) in [6.45, 7) is 2.25. The van der Waals surface area contributed by atoms with Crippen LogP contribution >= 0.6 is 0 Å². The van der Waals surface area contributed by atoms with E-state index in [9.17, 15) is 0 Å². The first-order chi connectivity index (χ1) is 8.81. The summed E-state index contributed by atoms with van der Waals surface area (Å²) in [4.78, 5) is 0. The van der Waals surface area contributed by atoms with Gasteiger partial charge in [0.25, 0.3) is 0 Å². The Morgan fingerprint density at radius 3 is 2.00 bits per heavy atom. The third-order valence-electron chi connectivity index (χ3n) is 3.59. The molecule has 0 fully saturated rings. The topological polar surface area (TPSA) is 12.0 Å². The van der Waals surface area contributed by atoms with Gasteiger partial charge in [-0.25, -0.2) is 0 Å². The Labute approximate surface area is 110 Å². The highest BCUT2D eigenvalue weighted by Crippen LogP contribution is 2.24. The molecule has 2 aromatic rings. The number of hydrogen-bond donors (Lipinski definition) is 1. The second-order valence-corrected chi connectivity index (χ2v) is 4.78. The molecule has 0 radical (unpaired) electrons. The lowest BCUT2D eigenvalue weighted by atomic mass is 9.87. The van der Waals surface area contributed by atoms with E-state index < -0.39 is 0 Å². The Bertz CT molecular complexity index is 450. The summed E-state index contributed by atoms with van der Waals surface area (Å²) in [6.07, 6.45) is 1.08. The van der Waals surface area contributed by atoms with Crippen LogP contribution in [0.2, 0.25) is 0 Å². The van der Waals surface area contributed by atoms with Crippen molar-refractivity contribution in [2.45, 2.75) is 25.3 Å². The third-order valence-corrected chi connectivity index (χ3v) is 3.59. The molecule has 1 N–H and O–H groups in total. The second kappa shape index (κ2) is 6.36. The molecule has 2 unspecified atom stereocenters. The van der Waals surface area contributed by atoms with Gasteiger partial charge in [0.1, 0.15) is 0 Å². The van der Waals surface area contributed by atoms with Crippen LogP contribution in [0.25, 0.3) is 0 Å². The maximum atomic E-state index is 3.38. The van der Waals surface area contributed by atoms with Gasteiger partial charge in [-0.05, 0) is 31.5 Å². The smallest absolute Gasteiger partial charge is 0.0108 e. The van der Waals surface area contributed by atoms with Crippen LogP contribution in [0, 0.1) is 0 Å². The van der Waals surface area contributed by atoms with E-state index in [0.717, 1.165) is 6.42 Å². The fraction of sp³-hybridized carbons (Fsp3) is 0.294. The average Bonchev–Trinajstić information content (AvgIpc) is 2.46. The molecule has 0 aliphatic heterocycles. The number of rotatable bonds is 5. The van der Waals surface area contributed by atoms with Crippen molar-refractivity contribution >= 4 is 0 Å².